The van der Waals surface area contributed by atoms with Crippen molar-refractivity contribution in [2.24, 2.45) is 0 Å². The molecule has 0 spiro atoms. The summed E-state index contributed by atoms with van der Waals surface area (Å²) in [5.74, 6) is 0. The van der Waals surface area contributed by atoms with Crippen LogP contribution >= 0.6 is 0 Å². The highest BCUT2D eigenvalue weighted by Crippen LogP contribution is 2.31. The number of pyridine rings is 1. The molecule has 0 bridgehead atoms. The maximum Gasteiger partial charge on any atom is 0.0708 e. The van der Waals surface area contributed by atoms with Crippen LogP contribution in [0, 0.1) is 0 Å². The number of fused-ring (bicyclic) bond motifs is 1. The Kier molecular flexibility index (Phi) is 3.06. The van der Waals surface area contributed by atoms with Gasteiger partial charge in [-0.3, -0.25) is 4.98 Å². The average molecular weight is 261 g/mol. The standard InChI is InChI=1S/C19H19N/c1-19(2,3)15-8-6-7-14(13-15)16-11-12-20-18-10-5-4-9-17(16)18/h4-13H,1-3H3. The zero-order valence-corrected chi connectivity index (χ0v) is 12.2. The van der Waals surface area contributed by atoms with E-state index in [0.717, 1.165) is 5.52 Å². The summed E-state index contributed by atoms with van der Waals surface area (Å²) in [6, 6.07) is 19.2. The van der Waals surface area contributed by atoms with Gasteiger partial charge in [-0.2, -0.15) is 0 Å². The number of hydrogen-bond acceptors (Lipinski definition) is 1. The lowest BCUT2D eigenvalue weighted by Gasteiger charge is -2.20. The number of benzene rings is 2. The van der Waals surface area contributed by atoms with Crippen LogP contribution in [0.25, 0.3) is 22.0 Å². The van der Waals surface area contributed by atoms with Crippen LogP contribution in [0.5, 0.6) is 0 Å². The number of aromatic nitrogens is 1. The van der Waals surface area contributed by atoms with Crippen LogP contribution in [-0.4, -0.2) is 4.98 Å². The molecule has 3 rings (SSSR count). The van der Waals surface area contributed by atoms with Gasteiger partial charge in [0.15, 0.2) is 0 Å². The minimum absolute atomic E-state index is 0.166. The molecule has 0 fully saturated rings. The fraction of sp³-hybridized carbons (Fsp3) is 0.211. The molecule has 0 aliphatic heterocycles. The van der Waals surface area contributed by atoms with E-state index in [4.69, 9.17) is 0 Å². The molecule has 0 saturated heterocycles. The summed E-state index contributed by atoms with van der Waals surface area (Å²) < 4.78 is 0. The van der Waals surface area contributed by atoms with Gasteiger partial charge in [0.25, 0.3) is 0 Å². The zero-order chi connectivity index (χ0) is 14.2. The van der Waals surface area contributed by atoms with Crippen LogP contribution in [0.4, 0.5) is 0 Å². The minimum Gasteiger partial charge on any atom is -0.256 e. The fourth-order valence-corrected chi connectivity index (χ4v) is 2.50. The van der Waals surface area contributed by atoms with Crippen molar-refractivity contribution in [2.45, 2.75) is 26.2 Å². The molecule has 0 amide bonds. The molecule has 20 heavy (non-hydrogen) atoms. The van der Waals surface area contributed by atoms with Crippen molar-refractivity contribution in [3.8, 4) is 11.1 Å². The van der Waals surface area contributed by atoms with Gasteiger partial charge in [-0.15, -0.1) is 0 Å². The Hall–Kier alpha value is -2.15. The van der Waals surface area contributed by atoms with E-state index in [1.54, 1.807) is 0 Å². The highest BCUT2D eigenvalue weighted by molar-refractivity contribution is 5.94. The van der Waals surface area contributed by atoms with Crippen LogP contribution in [0.15, 0.2) is 60.8 Å². The summed E-state index contributed by atoms with van der Waals surface area (Å²) >= 11 is 0. The number of hydrogen-bond donors (Lipinski definition) is 0. The second kappa shape index (κ2) is 4.75. The lowest BCUT2D eigenvalue weighted by Crippen LogP contribution is -2.10. The van der Waals surface area contributed by atoms with Crippen molar-refractivity contribution >= 4 is 10.9 Å². The van der Waals surface area contributed by atoms with Gasteiger partial charge < -0.3 is 0 Å². The summed E-state index contributed by atoms with van der Waals surface area (Å²) in [6.45, 7) is 6.74. The van der Waals surface area contributed by atoms with Crippen LogP contribution in [0.1, 0.15) is 26.3 Å². The highest BCUT2D eigenvalue weighted by Gasteiger charge is 2.14. The SMILES string of the molecule is CC(C)(C)c1cccc(-c2ccnc3ccccc23)c1. The van der Waals surface area contributed by atoms with Gasteiger partial charge in [-0.05, 0) is 34.2 Å². The molecule has 0 radical (unpaired) electrons. The monoisotopic (exact) mass is 261 g/mol. The lowest BCUT2D eigenvalue weighted by atomic mass is 9.85. The Bertz CT molecular complexity index is 746. The maximum atomic E-state index is 4.44. The number of nitrogens with zero attached hydrogens (tertiary/aromatic N) is 1. The second-order valence-corrected chi connectivity index (χ2v) is 6.21. The van der Waals surface area contributed by atoms with Gasteiger partial charge in [0.05, 0.1) is 5.52 Å². The predicted molar refractivity (Wildman–Crippen MR) is 85.9 cm³/mol. The van der Waals surface area contributed by atoms with E-state index in [1.807, 2.05) is 12.3 Å². The van der Waals surface area contributed by atoms with E-state index in [-0.39, 0.29) is 5.41 Å². The Morgan fingerprint density at radius 1 is 0.850 bits per heavy atom. The van der Waals surface area contributed by atoms with Gasteiger partial charge in [0, 0.05) is 11.6 Å². The molecule has 100 valence electrons. The molecule has 2 aromatic carbocycles. The quantitative estimate of drug-likeness (QED) is 0.586. The van der Waals surface area contributed by atoms with Crippen molar-refractivity contribution in [3.63, 3.8) is 0 Å². The third-order valence-corrected chi connectivity index (χ3v) is 3.69. The zero-order valence-electron chi connectivity index (χ0n) is 12.2. The van der Waals surface area contributed by atoms with Crippen molar-refractivity contribution < 1.29 is 0 Å². The topological polar surface area (TPSA) is 12.9 Å². The molecule has 3 aromatic rings. The molecule has 1 aromatic heterocycles. The molecule has 0 N–H and O–H groups in total. The first-order valence-electron chi connectivity index (χ1n) is 7.00. The normalized spacial score (nSPS) is 11.8. The summed E-state index contributed by atoms with van der Waals surface area (Å²) in [5.41, 5.74) is 5.08. The van der Waals surface area contributed by atoms with E-state index >= 15 is 0 Å². The Morgan fingerprint density at radius 3 is 2.45 bits per heavy atom. The lowest BCUT2D eigenvalue weighted by molar-refractivity contribution is 0.590. The summed E-state index contributed by atoms with van der Waals surface area (Å²) in [6.07, 6.45) is 1.89. The number of para-hydroxylation sites is 1. The number of rotatable bonds is 1. The molecule has 0 saturated carbocycles. The van der Waals surface area contributed by atoms with Crippen LogP contribution in [0.3, 0.4) is 0 Å². The third-order valence-electron chi connectivity index (χ3n) is 3.69. The summed E-state index contributed by atoms with van der Waals surface area (Å²) in [4.78, 5) is 4.44. The molecule has 1 nitrogen and oxygen atoms in total. The smallest absolute Gasteiger partial charge is 0.0708 e. The van der Waals surface area contributed by atoms with Crippen molar-refractivity contribution in [1.29, 1.82) is 0 Å². The van der Waals surface area contributed by atoms with E-state index in [9.17, 15) is 0 Å². The largest absolute Gasteiger partial charge is 0.256 e. The van der Waals surface area contributed by atoms with Crippen LogP contribution in [0.2, 0.25) is 0 Å². The molecular weight excluding hydrogens is 242 g/mol. The molecule has 0 unspecified atom stereocenters. The molecule has 0 aliphatic carbocycles. The molecule has 0 aliphatic rings. The summed E-state index contributed by atoms with van der Waals surface area (Å²) in [5, 5.41) is 1.21. The van der Waals surface area contributed by atoms with Crippen molar-refractivity contribution in [1.82, 2.24) is 4.98 Å². The molecular formula is C19H19N. The minimum atomic E-state index is 0.166. The van der Waals surface area contributed by atoms with Gasteiger partial charge >= 0.3 is 0 Å². The first-order valence-corrected chi connectivity index (χ1v) is 7.00. The van der Waals surface area contributed by atoms with Gasteiger partial charge in [-0.25, -0.2) is 0 Å². The van der Waals surface area contributed by atoms with Gasteiger partial charge in [0.1, 0.15) is 0 Å². The van der Waals surface area contributed by atoms with Crippen molar-refractivity contribution in [3.05, 3.63) is 66.4 Å². The second-order valence-electron chi connectivity index (χ2n) is 6.21. The predicted octanol–water partition coefficient (Wildman–Crippen LogP) is 5.20. The van der Waals surface area contributed by atoms with Crippen LogP contribution < -0.4 is 0 Å². The Balaban J connectivity index is 2.21. The highest BCUT2D eigenvalue weighted by atomic mass is 14.6. The van der Waals surface area contributed by atoms with Crippen molar-refractivity contribution in [2.75, 3.05) is 0 Å². The Labute approximate surface area is 120 Å². The molecule has 1 heteroatoms. The van der Waals surface area contributed by atoms with E-state index in [1.165, 1.54) is 22.1 Å². The first-order chi connectivity index (χ1) is 9.55. The molecule has 0 atom stereocenters. The van der Waals surface area contributed by atoms with E-state index in [0.29, 0.717) is 0 Å². The maximum absolute atomic E-state index is 4.44. The molecule has 1 heterocycles. The third kappa shape index (κ3) is 2.32. The first kappa shape index (κ1) is 12.9. The van der Waals surface area contributed by atoms with Crippen LogP contribution in [-0.2, 0) is 5.41 Å². The summed E-state index contributed by atoms with van der Waals surface area (Å²) in [7, 11) is 0. The van der Waals surface area contributed by atoms with E-state index in [2.05, 4.69) is 74.3 Å². The van der Waals surface area contributed by atoms with Gasteiger partial charge in [0.2, 0.25) is 0 Å². The van der Waals surface area contributed by atoms with Gasteiger partial charge in [-0.1, -0.05) is 63.2 Å². The fourth-order valence-electron chi connectivity index (χ4n) is 2.50. The van der Waals surface area contributed by atoms with E-state index < -0.39 is 0 Å². The Morgan fingerprint density at radius 2 is 1.65 bits per heavy atom. The average Bonchev–Trinajstić information content (AvgIpc) is 2.46.